The Labute approximate surface area is 111 Å². The molecule has 0 radical (unpaired) electrons. The highest BCUT2D eigenvalue weighted by Crippen LogP contribution is 2.31. The van der Waals surface area contributed by atoms with Crippen LogP contribution in [0.1, 0.15) is 17.9 Å². The molecule has 0 aliphatic carbocycles. The number of nitrogens with zero attached hydrogens (tertiary/aromatic N) is 2. The van der Waals surface area contributed by atoms with E-state index in [-0.39, 0.29) is 11.8 Å². The number of anilines is 2. The van der Waals surface area contributed by atoms with Crippen molar-refractivity contribution in [3.05, 3.63) is 48.3 Å². The number of rotatable bonds is 3. The molecule has 1 aliphatic rings. The molecule has 0 saturated heterocycles. The van der Waals surface area contributed by atoms with E-state index >= 15 is 0 Å². The van der Waals surface area contributed by atoms with Gasteiger partial charge in [0.2, 0.25) is 11.9 Å². The summed E-state index contributed by atoms with van der Waals surface area (Å²) in [4.78, 5) is 19.9. The molecule has 2 aromatic rings. The van der Waals surface area contributed by atoms with Gasteiger partial charge in [0, 0.05) is 37.0 Å². The van der Waals surface area contributed by atoms with Gasteiger partial charge in [-0.1, -0.05) is 18.2 Å². The van der Waals surface area contributed by atoms with Crippen LogP contribution in [0.3, 0.4) is 0 Å². The largest absolute Gasteiger partial charge is 0.354 e. The summed E-state index contributed by atoms with van der Waals surface area (Å²) in [5.74, 6) is 0.791. The second-order valence-corrected chi connectivity index (χ2v) is 4.49. The Balaban J connectivity index is 1.76. The van der Waals surface area contributed by atoms with E-state index in [4.69, 9.17) is 0 Å². The molecule has 5 nitrogen and oxygen atoms in total. The van der Waals surface area contributed by atoms with Crippen LogP contribution in [-0.4, -0.2) is 22.4 Å². The van der Waals surface area contributed by atoms with E-state index in [1.807, 2.05) is 24.3 Å². The maximum absolute atomic E-state index is 11.7. The summed E-state index contributed by atoms with van der Waals surface area (Å²) in [5.41, 5.74) is 2.06. The third-order valence-electron chi connectivity index (χ3n) is 3.18. The summed E-state index contributed by atoms with van der Waals surface area (Å²) in [7, 11) is 0. The van der Waals surface area contributed by atoms with Gasteiger partial charge in [-0.2, -0.15) is 0 Å². The minimum absolute atomic E-state index is 0.0551. The number of aromatic nitrogens is 2. The zero-order valence-electron chi connectivity index (χ0n) is 10.3. The smallest absolute Gasteiger partial charge is 0.225 e. The summed E-state index contributed by atoms with van der Waals surface area (Å²) < 4.78 is 0. The van der Waals surface area contributed by atoms with Crippen LogP contribution >= 0.6 is 0 Å². The molecular weight excluding hydrogens is 240 g/mol. The molecule has 0 unspecified atom stereocenters. The van der Waals surface area contributed by atoms with Gasteiger partial charge >= 0.3 is 0 Å². The average molecular weight is 254 g/mol. The molecule has 0 saturated carbocycles. The average Bonchev–Trinajstić information content (AvgIpc) is 2.45. The van der Waals surface area contributed by atoms with Gasteiger partial charge in [-0.3, -0.25) is 4.79 Å². The normalized spacial score (nSPS) is 17.5. The van der Waals surface area contributed by atoms with Gasteiger partial charge in [-0.15, -0.1) is 0 Å². The fourth-order valence-corrected chi connectivity index (χ4v) is 2.29. The van der Waals surface area contributed by atoms with Crippen LogP contribution in [0.5, 0.6) is 0 Å². The van der Waals surface area contributed by atoms with E-state index < -0.39 is 0 Å². The van der Waals surface area contributed by atoms with E-state index in [2.05, 4.69) is 20.6 Å². The Bertz CT molecular complexity index is 585. The van der Waals surface area contributed by atoms with Gasteiger partial charge in [0.05, 0.1) is 0 Å². The van der Waals surface area contributed by atoms with Crippen LogP contribution < -0.4 is 10.6 Å². The van der Waals surface area contributed by atoms with Crippen molar-refractivity contribution < 1.29 is 4.79 Å². The van der Waals surface area contributed by atoms with Gasteiger partial charge in [-0.25, -0.2) is 9.97 Å². The number of para-hydroxylation sites is 1. The minimum atomic E-state index is 0.0551. The fourth-order valence-electron chi connectivity index (χ4n) is 2.29. The quantitative estimate of drug-likeness (QED) is 0.879. The highest BCUT2D eigenvalue weighted by molar-refractivity contribution is 5.94. The Morgan fingerprint density at radius 1 is 1.21 bits per heavy atom. The maximum Gasteiger partial charge on any atom is 0.225 e. The van der Waals surface area contributed by atoms with Crippen LogP contribution in [0.15, 0.2) is 42.7 Å². The number of carbonyl (C=O) groups excluding carboxylic acids is 1. The van der Waals surface area contributed by atoms with Crippen LogP contribution in [0.25, 0.3) is 0 Å². The third kappa shape index (κ3) is 2.54. The molecule has 96 valence electrons. The van der Waals surface area contributed by atoms with Gasteiger partial charge < -0.3 is 10.6 Å². The Kier molecular flexibility index (Phi) is 3.10. The molecule has 1 aromatic heterocycles. The molecule has 3 rings (SSSR count). The van der Waals surface area contributed by atoms with Crippen molar-refractivity contribution in [3.8, 4) is 0 Å². The van der Waals surface area contributed by atoms with E-state index in [0.717, 1.165) is 11.3 Å². The lowest BCUT2D eigenvalue weighted by atomic mass is 9.90. The summed E-state index contributed by atoms with van der Waals surface area (Å²) >= 11 is 0. The van der Waals surface area contributed by atoms with Crippen molar-refractivity contribution in [3.63, 3.8) is 0 Å². The van der Waals surface area contributed by atoms with Crippen molar-refractivity contribution in [2.24, 2.45) is 0 Å². The molecule has 2 heterocycles. The molecular formula is C14H14N4O. The molecule has 1 amide bonds. The van der Waals surface area contributed by atoms with Crippen LogP contribution in [-0.2, 0) is 4.79 Å². The van der Waals surface area contributed by atoms with Crippen LogP contribution in [0.4, 0.5) is 11.6 Å². The topological polar surface area (TPSA) is 66.9 Å². The highest BCUT2D eigenvalue weighted by Gasteiger charge is 2.24. The van der Waals surface area contributed by atoms with Crippen molar-refractivity contribution in [2.45, 2.75) is 12.3 Å². The number of fused-ring (bicyclic) bond motifs is 1. The lowest BCUT2D eigenvalue weighted by molar-refractivity contribution is -0.116. The van der Waals surface area contributed by atoms with E-state index in [1.165, 1.54) is 0 Å². The van der Waals surface area contributed by atoms with Gasteiger partial charge in [0.25, 0.3) is 0 Å². The van der Waals surface area contributed by atoms with Crippen molar-refractivity contribution in [2.75, 3.05) is 17.2 Å². The second kappa shape index (κ2) is 5.06. The fraction of sp³-hybridized carbons (Fsp3) is 0.214. The first-order valence-corrected chi connectivity index (χ1v) is 6.22. The Morgan fingerprint density at radius 2 is 2.00 bits per heavy atom. The standard InChI is InChI=1S/C14H14N4O/c19-13-8-10(9-17-14-15-6-3-7-16-14)11-4-1-2-5-12(11)18-13/h1-7,10H,8-9H2,(H,18,19)(H,15,16,17)/t10-/m0/s1. The van der Waals surface area contributed by atoms with Gasteiger partial charge in [0.15, 0.2) is 0 Å². The first-order chi connectivity index (χ1) is 9.33. The molecule has 0 bridgehead atoms. The summed E-state index contributed by atoms with van der Waals surface area (Å²) in [6.07, 6.45) is 3.87. The van der Waals surface area contributed by atoms with Crippen LogP contribution in [0.2, 0.25) is 0 Å². The molecule has 0 spiro atoms. The minimum Gasteiger partial charge on any atom is -0.354 e. The Hall–Kier alpha value is -2.43. The van der Waals surface area contributed by atoms with Crippen molar-refractivity contribution in [1.29, 1.82) is 0 Å². The molecule has 1 aromatic carbocycles. The summed E-state index contributed by atoms with van der Waals surface area (Å²) in [5, 5.41) is 6.06. The van der Waals surface area contributed by atoms with Crippen molar-refractivity contribution in [1.82, 2.24) is 9.97 Å². The summed E-state index contributed by atoms with van der Waals surface area (Å²) in [6.45, 7) is 0.647. The molecule has 19 heavy (non-hydrogen) atoms. The number of hydrogen-bond acceptors (Lipinski definition) is 4. The zero-order valence-corrected chi connectivity index (χ0v) is 10.3. The SMILES string of the molecule is O=C1C[C@@H](CNc2ncccn2)c2ccccc2N1. The number of nitrogens with one attached hydrogen (secondary N) is 2. The van der Waals surface area contributed by atoms with Crippen LogP contribution in [0, 0.1) is 0 Å². The summed E-state index contributed by atoms with van der Waals surface area (Å²) in [6, 6.07) is 9.66. The lowest BCUT2D eigenvalue weighted by Gasteiger charge is -2.25. The molecule has 1 aliphatic heterocycles. The maximum atomic E-state index is 11.7. The second-order valence-electron chi connectivity index (χ2n) is 4.49. The predicted molar refractivity (Wildman–Crippen MR) is 73.0 cm³/mol. The van der Waals surface area contributed by atoms with E-state index in [0.29, 0.717) is 18.9 Å². The third-order valence-corrected chi connectivity index (χ3v) is 3.18. The molecule has 0 fully saturated rings. The van der Waals surface area contributed by atoms with Crippen molar-refractivity contribution >= 4 is 17.5 Å². The monoisotopic (exact) mass is 254 g/mol. The molecule has 1 atom stereocenters. The van der Waals surface area contributed by atoms with E-state index in [1.54, 1.807) is 18.5 Å². The van der Waals surface area contributed by atoms with E-state index in [9.17, 15) is 4.79 Å². The number of benzene rings is 1. The molecule has 5 heteroatoms. The highest BCUT2D eigenvalue weighted by atomic mass is 16.1. The number of amides is 1. The zero-order chi connectivity index (χ0) is 13.1. The van der Waals surface area contributed by atoms with Gasteiger partial charge in [0.1, 0.15) is 0 Å². The predicted octanol–water partition coefficient (Wildman–Crippen LogP) is 2.01. The number of hydrogen-bond donors (Lipinski definition) is 2. The molecule has 2 N–H and O–H groups in total. The first-order valence-electron chi connectivity index (χ1n) is 6.22. The lowest BCUT2D eigenvalue weighted by Crippen LogP contribution is -2.27. The first kappa shape index (κ1) is 11.6. The van der Waals surface area contributed by atoms with Gasteiger partial charge in [-0.05, 0) is 17.7 Å². The number of carbonyl (C=O) groups is 1. The Morgan fingerprint density at radius 3 is 2.84 bits per heavy atom.